The number of ether oxygens (including phenoxy) is 2. The molecule has 1 heterocycles. The molecular formula is C16H25N3O2. The monoisotopic (exact) mass is 291 g/mol. The van der Waals surface area contributed by atoms with E-state index < -0.39 is 0 Å². The first-order chi connectivity index (χ1) is 10.3. The number of guanidine groups is 1. The van der Waals surface area contributed by atoms with Crippen molar-refractivity contribution in [1.82, 2.24) is 4.90 Å². The van der Waals surface area contributed by atoms with Crippen molar-refractivity contribution in [3.63, 3.8) is 0 Å². The molecule has 0 aliphatic carbocycles. The second kappa shape index (κ2) is 7.76. The molecule has 0 radical (unpaired) electrons. The Morgan fingerprint density at radius 3 is 2.48 bits per heavy atom. The minimum absolute atomic E-state index is 0.503. The molecular weight excluding hydrogens is 266 g/mol. The Hall–Kier alpha value is -1.91. The summed E-state index contributed by atoms with van der Waals surface area (Å²) in [4.78, 5) is 6.71. The van der Waals surface area contributed by atoms with Crippen LogP contribution >= 0.6 is 0 Å². The molecule has 0 unspecified atom stereocenters. The average Bonchev–Trinajstić information content (AvgIpc) is 2.81. The number of benzene rings is 1. The highest BCUT2D eigenvalue weighted by Gasteiger charge is 2.12. The van der Waals surface area contributed by atoms with Gasteiger partial charge < -0.3 is 20.1 Å². The topological polar surface area (TPSA) is 60.1 Å². The van der Waals surface area contributed by atoms with Crippen LogP contribution in [0.1, 0.15) is 31.2 Å². The van der Waals surface area contributed by atoms with E-state index in [2.05, 4.69) is 9.89 Å². The maximum absolute atomic E-state index is 6.13. The Morgan fingerprint density at radius 1 is 1.14 bits per heavy atom. The molecule has 1 saturated heterocycles. The van der Waals surface area contributed by atoms with Crippen molar-refractivity contribution < 1.29 is 9.47 Å². The molecule has 0 aromatic heterocycles. The largest absolute Gasteiger partial charge is 0.493 e. The Balaban J connectivity index is 2.08. The number of methoxy groups -OCH3 is 2. The van der Waals surface area contributed by atoms with Crippen LogP contribution in [-0.4, -0.2) is 38.2 Å². The molecule has 2 rings (SSSR count). The van der Waals surface area contributed by atoms with Crippen molar-refractivity contribution >= 4 is 5.96 Å². The van der Waals surface area contributed by atoms with Gasteiger partial charge in [-0.1, -0.05) is 25.0 Å². The average molecular weight is 291 g/mol. The maximum Gasteiger partial charge on any atom is 0.191 e. The summed E-state index contributed by atoms with van der Waals surface area (Å²) in [5.41, 5.74) is 7.11. The highest BCUT2D eigenvalue weighted by molar-refractivity contribution is 5.78. The number of nitrogens with zero attached hydrogens (tertiary/aromatic N) is 2. The van der Waals surface area contributed by atoms with Crippen molar-refractivity contribution in [1.29, 1.82) is 0 Å². The predicted molar refractivity (Wildman–Crippen MR) is 84.9 cm³/mol. The van der Waals surface area contributed by atoms with Crippen LogP contribution in [0.3, 0.4) is 0 Å². The zero-order valence-corrected chi connectivity index (χ0v) is 13.0. The Bertz CT molecular complexity index is 480. The quantitative estimate of drug-likeness (QED) is 0.683. The summed E-state index contributed by atoms with van der Waals surface area (Å²) in [6, 6.07) is 5.80. The summed E-state index contributed by atoms with van der Waals surface area (Å²) in [5.74, 6) is 2.08. The predicted octanol–water partition coefficient (Wildman–Crippen LogP) is 2.39. The fraction of sp³-hybridized carbons (Fsp3) is 0.562. The van der Waals surface area contributed by atoms with Gasteiger partial charge >= 0.3 is 0 Å². The van der Waals surface area contributed by atoms with Crippen molar-refractivity contribution in [3.8, 4) is 11.5 Å². The molecule has 21 heavy (non-hydrogen) atoms. The molecule has 0 bridgehead atoms. The normalized spacial score (nSPS) is 16.5. The number of hydrogen-bond acceptors (Lipinski definition) is 3. The Morgan fingerprint density at radius 2 is 1.86 bits per heavy atom. The van der Waals surface area contributed by atoms with E-state index in [1.165, 1.54) is 25.7 Å². The molecule has 5 heteroatoms. The number of para-hydroxylation sites is 1. The highest BCUT2D eigenvalue weighted by atomic mass is 16.5. The standard InChI is InChI=1S/C16H25N3O2/c1-20-14-9-7-8-13(15(14)21-2)12-18-16(17)19-10-5-3-4-6-11-19/h7-9H,3-6,10-12H2,1-2H3,(H2,17,18). The van der Waals surface area contributed by atoms with E-state index in [-0.39, 0.29) is 0 Å². The SMILES string of the molecule is COc1cccc(CN=C(N)N2CCCCCC2)c1OC. The number of hydrogen-bond donors (Lipinski definition) is 1. The van der Waals surface area contributed by atoms with E-state index in [0.717, 1.165) is 30.2 Å². The van der Waals surface area contributed by atoms with Gasteiger partial charge in [0.15, 0.2) is 17.5 Å². The van der Waals surface area contributed by atoms with E-state index in [4.69, 9.17) is 15.2 Å². The van der Waals surface area contributed by atoms with E-state index in [1.807, 2.05) is 18.2 Å². The number of rotatable bonds is 4. The smallest absolute Gasteiger partial charge is 0.191 e. The van der Waals surface area contributed by atoms with Crippen LogP contribution in [-0.2, 0) is 6.54 Å². The molecule has 2 N–H and O–H groups in total. The molecule has 1 aliphatic rings. The number of likely N-dealkylation sites (tertiary alicyclic amines) is 1. The van der Waals surface area contributed by atoms with Gasteiger partial charge in [-0.15, -0.1) is 0 Å². The first-order valence-electron chi connectivity index (χ1n) is 7.51. The second-order valence-electron chi connectivity index (χ2n) is 5.23. The molecule has 0 saturated carbocycles. The third kappa shape index (κ3) is 4.03. The van der Waals surface area contributed by atoms with Crippen LogP contribution in [0, 0.1) is 0 Å². The van der Waals surface area contributed by atoms with Crippen LogP contribution < -0.4 is 15.2 Å². The van der Waals surface area contributed by atoms with Crippen molar-refractivity contribution in [2.45, 2.75) is 32.2 Å². The second-order valence-corrected chi connectivity index (χ2v) is 5.23. The molecule has 1 aromatic carbocycles. The molecule has 1 aliphatic heterocycles. The molecule has 5 nitrogen and oxygen atoms in total. The molecule has 0 atom stereocenters. The van der Waals surface area contributed by atoms with E-state index in [9.17, 15) is 0 Å². The fourth-order valence-corrected chi connectivity index (χ4v) is 2.64. The summed E-state index contributed by atoms with van der Waals surface area (Å²) < 4.78 is 10.7. The molecule has 1 aromatic rings. The summed E-state index contributed by atoms with van der Waals surface area (Å²) in [7, 11) is 3.28. The van der Waals surface area contributed by atoms with Gasteiger partial charge in [-0.3, -0.25) is 0 Å². The lowest BCUT2D eigenvalue weighted by Crippen LogP contribution is -2.38. The summed E-state index contributed by atoms with van der Waals surface area (Å²) in [6.45, 7) is 2.51. The van der Waals surface area contributed by atoms with Gasteiger partial charge in [-0.25, -0.2) is 4.99 Å². The summed E-state index contributed by atoms with van der Waals surface area (Å²) >= 11 is 0. The molecule has 0 amide bonds. The summed E-state index contributed by atoms with van der Waals surface area (Å²) in [6.07, 6.45) is 4.96. The minimum atomic E-state index is 0.503. The van der Waals surface area contributed by atoms with Gasteiger partial charge in [0, 0.05) is 18.7 Å². The van der Waals surface area contributed by atoms with E-state index in [0.29, 0.717) is 12.5 Å². The zero-order chi connectivity index (χ0) is 15.1. The van der Waals surface area contributed by atoms with Gasteiger partial charge in [0.05, 0.1) is 20.8 Å². The highest BCUT2D eigenvalue weighted by Crippen LogP contribution is 2.31. The lowest BCUT2D eigenvalue weighted by molar-refractivity contribution is 0.351. The minimum Gasteiger partial charge on any atom is -0.493 e. The molecule has 1 fully saturated rings. The van der Waals surface area contributed by atoms with Crippen molar-refractivity contribution in [3.05, 3.63) is 23.8 Å². The molecule has 0 spiro atoms. The first-order valence-corrected chi connectivity index (χ1v) is 7.51. The zero-order valence-electron chi connectivity index (χ0n) is 13.0. The van der Waals surface area contributed by atoms with Gasteiger partial charge in [-0.05, 0) is 18.9 Å². The first kappa shape index (κ1) is 15.5. The van der Waals surface area contributed by atoms with Crippen LogP contribution in [0.25, 0.3) is 0 Å². The molecule has 116 valence electrons. The number of nitrogens with two attached hydrogens (primary N) is 1. The Kier molecular flexibility index (Phi) is 5.72. The van der Waals surface area contributed by atoms with Gasteiger partial charge in [0.2, 0.25) is 0 Å². The Labute approximate surface area is 126 Å². The van der Waals surface area contributed by atoms with Crippen LogP contribution in [0.5, 0.6) is 11.5 Å². The van der Waals surface area contributed by atoms with E-state index >= 15 is 0 Å². The van der Waals surface area contributed by atoms with Crippen LogP contribution in [0.4, 0.5) is 0 Å². The maximum atomic E-state index is 6.13. The van der Waals surface area contributed by atoms with Crippen LogP contribution in [0.2, 0.25) is 0 Å². The van der Waals surface area contributed by atoms with Crippen LogP contribution in [0.15, 0.2) is 23.2 Å². The van der Waals surface area contributed by atoms with Crippen molar-refractivity contribution in [2.24, 2.45) is 10.7 Å². The van der Waals surface area contributed by atoms with Gasteiger partial charge in [0.1, 0.15) is 0 Å². The third-order valence-corrected chi connectivity index (χ3v) is 3.83. The fourth-order valence-electron chi connectivity index (χ4n) is 2.64. The lowest BCUT2D eigenvalue weighted by atomic mass is 10.2. The summed E-state index contributed by atoms with van der Waals surface area (Å²) in [5, 5.41) is 0. The third-order valence-electron chi connectivity index (χ3n) is 3.83. The van der Waals surface area contributed by atoms with Gasteiger partial charge in [-0.2, -0.15) is 0 Å². The van der Waals surface area contributed by atoms with Crippen molar-refractivity contribution in [2.75, 3.05) is 27.3 Å². The van der Waals surface area contributed by atoms with Gasteiger partial charge in [0.25, 0.3) is 0 Å². The number of aliphatic imine (C=N–C) groups is 1. The lowest BCUT2D eigenvalue weighted by Gasteiger charge is -2.21. The van der Waals surface area contributed by atoms with E-state index in [1.54, 1.807) is 14.2 Å².